The molecule has 12 heteroatoms. The van der Waals surface area contributed by atoms with E-state index in [1.54, 1.807) is 12.4 Å². The van der Waals surface area contributed by atoms with Gasteiger partial charge in [-0.2, -0.15) is 0 Å². The first-order valence-corrected chi connectivity index (χ1v) is 40.5. The van der Waals surface area contributed by atoms with Gasteiger partial charge in [-0.3, -0.25) is 0 Å². The van der Waals surface area contributed by atoms with Crippen molar-refractivity contribution in [1.29, 1.82) is 0 Å². The highest BCUT2D eigenvalue weighted by molar-refractivity contribution is 6.12. The molecule has 12 heterocycles. The van der Waals surface area contributed by atoms with Gasteiger partial charge in [0.15, 0.2) is 47.1 Å². The second kappa shape index (κ2) is 29.8. The summed E-state index contributed by atoms with van der Waals surface area (Å²) in [5.74, 6) is 1.28. The molecule has 12 nitrogen and oxygen atoms in total. The van der Waals surface area contributed by atoms with Gasteiger partial charge in [-0.1, -0.05) is 99.9 Å². The molecule has 4 aromatic carbocycles. The van der Waals surface area contributed by atoms with Gasteiger partial charge in [0.05, 0.1) is 22.3 Å². The average molecular weight is 1480 g/mol. The summed E-state index contributed by atoms with van der Waals surface area (Å²) in [7, 11) is 8.35. The first-order valence-electron chi connectivity index (χ1n) is 42.5. The Hall–Kier alpha value is -10.7. The lowest BCUT2D eigenvalue weighted by Gasteiger charge is -2.14. The molecular weight excluding hydrogens is 1370 g/mol. The quantitative estimate of drug-likeness (QED) is 0.138. The van der Waals surface area contributed by atoms with Gasteiger partial charge in [0.2, 0.25) is 45.6 Å². The zero-order valence-electron chi connectivity index (χ0n) is 71.2. The Morgan fingerprint density at radius 1 is 0.315 bits per heavy atom. The van der Waals surface area contributed by atoms with Crippen LogP contribution in [0.4, 0.5) is 0 Å². The van der Waals surface area contributed by atoms with Gasteiger partial charge in [-0.05, 0) is 244 Å². The number of hydrogen-bond donors (Lipinski definition) is 0. The summed E-state index contributed by atoms with van der Waals surface area (Å²) in [4.78, 5) is 18.2. The van der Waals surface area contributed by atoms with E-state index in [4.69, 9.17) is 23.2 Å². The SMILES string of the molecule is Cc1cc(-c2c(C)ccc3c2oc2ncccc23)[n+](C)cc1C1CCCC1.Cc1ccc2c(n1)oc1c(-c3cc(C)c(C4CCCC4)c[n+]3C)c(C)ccc12.Cc1ccc2c(n1)oc1c(-c3cc(C)c(C4CCCC4)c[n+]3C)c(C)ccc12.[2H]C([2H])([2H])c1c[n+](C)c(-c2c(C)ccc3c2oc2nc(C)ccc23)cc1C1([2H])CCCC1. The van der Waals surface area contributed by atoms with Crippen LogP contribution in [-0.4, -0.2) is 19.9 Å². The maximum absolute atomic E-state index is 9.11. The Labute approximate surface area is 657 Å². The van der Waals surface area contributed by atoms with E-state index >= 15 is 0 Å². The lowest BCUT2D eigenvalue weighted by atomic mass is 9.91. The molecule has 0 spiro atoms. The fraction of sp³-hybridized carbons (Fsp3) is 0.354. The molecule has 0 amide bonds. The van der Waals surface area contributed by atoms with Crippen molar-refractivity contribution in [2.24, 2.45) is 28.2 Å². The van der Waals surface area contributed by atoms with E-state index in [2.05, 4.69) is 212 Å². The number of furan rings is 4. The maximum atomic E-state index is 9.11. The molecule has 4 fully saturated rings. The second-order valence-corrected chi connectivity index (χ2v) is 32.8. The van der Waals surface area contributed by atoms with E-state index in [0.717, 1.165) is 141 Å². The summed E-state index contributed by atoms with van der Waals surface area (Å²) in [6, 6.07) is 42.6. The molecule has 4 aliphatic carbocycles. The summed E-state index contributed by atoms with van der Waals surface area (Å²) in [6.07, 6.45) is 29.9. The summed E-state index contributed by atoms with van der Waals surface area (Å²) in [6.45, 7) is 19.0. The highest BCUT2D eigenvalue weighted by Crippen LogP contribution is 2.46. The third-order valence-electron chi connectivity index (χ3n) is 25.0. The predicted octanol–water partition coefficient (Wildman–Crippen LogP) is 23.9. The third-order valence-corrected chi connectivity index (χ3v) is 25.0. The minimum atomic E-state index is -2.27. The number of pyridine rings is 8. The monoisotopic (exact) mass is 1470 g/mol. The van der Waals surface area contributed by atoms with Crippen molar-refractivity contribution >= 4 is 88.3 Å². The Morgan fingerprint density at radius 2 is 0.613 bits per heavy atom. The van der Waals surface area contributed by atoms with Crippen molar-refractivity contribution in [2.45, 2.75) is 202 Å². The van der Waals surface area contributed by atoms with Gasteiger partial charge in [0.1, 0.15) is 28.2 Å². The summed E-state index contributed by atoms with van der Waals surface area (Å²) >= 11 is 0. The molecule has 0 saturated heterocycles. The molecule has 12 aromatic heterocycles. The minimum Gasteiger partial charge on any atom is -0.437 e. The molecule has 20 rings (SSSR count). The number of rotatable bonds is 8. The van der Waals surface area contributed by atoms with Gasteiger partial charge in [-0.15, -0.1) is 0 Å². The molecule has 4 aliphatic rings. The fourth-order valence-corrected chi connectivity index (χ4v) is 19.1. The van der Waals surface area contributed by atoms with Crippen molar-refractivity contribution in [3.05, 3.63) is 236 Å². The van der Waals surface area contributed by atoms with Crippen LogP contribution in [0, 0.1) is 76.1 Å². The largest absolute Gasteiger partial charge is 0.437 e. The summed E-state index contributed by atoms with van der Waals surface area (Å²) < 4.78 is 67.2. The van der Waals surface area contributed by atoms with Crippen LogP contribution in [0.5, 0.6) is 0 Å². The molecule has 111 heavy (non-hydrogen) atoms. The van der Waals surface area contributed by atoms with E-state index in [1.807, 2.05) is 63.6 Å². The van der Waals surface area contributed by atoms with Crippen molar-refractivity contribution in [1.82, 2.24) is 19.9 Å². The molecule has 0 radical (unpaired) electrons. The van der Waals surface area contributed by atoms with Crippen LogP contribution < -0.4 is 18.3 Å². The van der Waals surface area contributed by atoms with Crippen LogP contribution in [0.15, 0.2) is 170 Å². The van der Waals surface area contributed by atoms with Crippen molar-refractivity contribution in [3.63, 3.8) is 0 Å². The van der Waals surface area contributed by atoms with Gasteiger partial charge in [-0.25, -0.2) is 38.2 Å². The molecule has 4 saturated carbocycles. The normalized spacial score (nSPS) is 16.1. The van der Waals surface area contributed by atoms with E-state index in [1.165, 1.54) is 161 Å². The Kier molecular flexibility index (Phi) is 18.4. The van der Waals surface area contributed by atoms with Crippen LogP contribution in [-0.2, 0) is 28.2 Å². The zero-order chi connectivity index (χ0) is 80.2. The van der Waals surface area contributed by atoms with Gasteiger partial charge < -0.3 is 17.7 Å². The van der Waals surface area contributed by atoms with Crippen LogP contribution in [0.2, 0.25) is 0 Å². The minimum absolute atomic E-state index is 0.271. The summed E-state index contributed by atoms with van der Waals surface area (Å²) in [5.41, 5.74) is 32.4. The molecule has 562 valence electrons. The number of aromatic nitrogens is 8. The molecule has 0 unspecified atom stereocenters. The maximum Gasteiger partial charge on any atom is 0.227 e. The standard InChI is InChI=1S/3C25H27N2O.C24H25N2O/c1-15-9-11-19-20-12-10-17(3)26-25(20)28-24(19)23(15)22-13-21(16(2)14-27(22)4)18-7-5-6-8-18;2*1-15-9-11-19-20-12-10-17(3)26-25(20)28-24(19)23(15)22-13-16(2)21(14-27(22)4)18-7-5-6-8-18;1-15-10-11-18-19-9-6-12-25-24(19)27-23(18)22(15)21-13-16(2)20(14-26(21)3)17-7-4-5-8-17/h3*9-14,18H,5-8H2,1-4H3;6,9-14,17H,4-5,7-8H2,1-3H3/q4*+1/i2D3,18D;;;. The van der Waals surface area contributed by atoms with Crippen LogP contribution in [0.3, 0.4) is 0 Å². The lowest BCUT2D eigenvalue weighted by Crippen LogP contribution is -2.32. The fourth-order valence-electron chi connectivity index (χ4n) is 19.1. The van der Waals surface area contributed by atoms with Crippen molar-refractivity contribution in [2.75, 3.05) is 0 Å². The molecule has 0 N–H and O–H groups in total. The van der Waals surface area contributed by atoms with Crippen LogP contribution in [0.25, 0.3) is 133 Å². The number of nitrogens with zero attached hydrogens (tertiary/aromatic N) is 8. The van der Waals surface area contributed by atoms with Gasteiger partial charge >= 0.3 is 0 Å². The Morgan fingerprint density at radius 3 is 0.955 bits per heavy atom. The Bertz CT molecular complexity index is 6340. The second-order valence-electron chi connectivity index (χ2n) is 32.8. The Balaban J connectivity index is 0.000000111. The number of benzene rings is 4. The van der Waals surface area contributed by atoms with E-state index in [9.17, 15) is 0 Å². The number of fused-ring (bicyclic) bond motifs is 12. The molecule has 0 bridgehead atoms. The smallest absolute Gasteiger partial charge is 0.227 e. The number of aryl methyl sites for hydroxylation is 15. The van der Waals surface area contributed by atoms with Crippen molar-refractivity contribution in [3.8, 4) is 45.0 Å². The lowest BCUT2D eigenvalue weighted by molar-refractivity contribution is -0.661. The number of hydrogen-bond acceptors (Lipinski definition) is 8. The summed E-state index contributed by atoms with van der Waals surface area (Å²) in [5, 5.41) is 8.61. The molecule has 0 atom stereocenters. The predicted molar refractivity (Wildman–Crippen MR) is 449 cm³/mol. The van der Waals surface area contributed by atoms with Crippen LogP contribution in [0.1, 0.15) is 216 Å². The van der Waals surface area contributed by atoms with Crippen LogP contribution >= 0.6 is 0 Å². The van der Waals surface area contributed by atoms with Crippen molar-refractivity contribution < 1.29 is 41.4 Å². The molecule has 16 aromatic rings. The average Bonchev–Trinajstić information content (AvgIpc) is 1.58. The third kappa shape index (κ3) is 13.6. The molecular formula is C99H106N8O4+4. The highest BCUT2D eigenvalue weighted by atomic mass is 16.4. The first-order chi connectivity index (χ1) is 55.3. The van der Waals surface area contributed by atoms with E-state index < -0.39 is 12.7 Å². The molecule has 0 aliphatic heterocycles. The highest BCUT2D eigenvalue weighted by Gasteiger charge is 2.32. The van der Waals surface area contributed by atoms with E-state index in [0.29, 0.717) is 29.8 Å². The topological polar surface area (TPSA) is 120 Å². The zero-order valence-corrected chi connectivity index (χ0v) is 67.2. The van der Waals surface area contributed by atoms with E-state index in [-0.39, 0.29) is 5.56 Å². The van der Waals surface area contributed by atoms with Gasteiger partial charge in [0.25, 0.3) is 0 Å². The van der Waals surface area contributed by atoms with Gasteiger partial charge in [0, 0.05) is 118 Å². The first kappa shape index (κ1) is 68.3.